The van der Waals surface area contributed by atoms with Crippen molar-refractivity contribution in [1.29, 1.82) is 0 Å². The largest absolute Gasteiger partial charge is 0.437 e. The number of nitrogens with one attached hydrogen (secondary N) is 1. The van der Waals surface area contributed by atoms with E-state index in [4.69, 9.17) is 4.74 Å². The molecular weight excluding hydrogens is 262 g/mol. The maximum atomic E-state index is 5.87. The van der Waals surface area contributed by atoms with E-state index < -0.39 is 0 Å². The van der Waals surface area contributed by atoms with Crippen molar-refractivity contribution in [3.05, 3.63) is 46.9 Å². The van der Waals surface area contributed by atoms with Crippen LogP contribution in [0.2, 0.25) is 0 Å². The molecule has 4 nitrogen and oxygen atoms in total. The van der Waals surface area contributed by atoms with Gasteiger partial charge in [-0.3, -0.25) is 4.98 Å². The minimum absolute atomic E-state index is 0.540. The summed E-state index contributed by atoms with van der Waals surface area (Å²) in [5.74, 6) is 1.39. The van der Waals surface area contributed by atoms with Crippen LogP contribution in [0.15, 0.2) is 24.5 Å². The van der Waals surface area contributed by atoms with Crippen molar-refractivity contribution >= 4 is 0 Å². The quantitative estimate of drug-likeness (QED) is 0.913. The molecule has 0 unspecified atom stereocenters. The molecule has 1 N–H and O–H groups in total. The molecule has 110 valence electrons. The van der Waals surface area contributed by atoms with Gasteiger partial charge >= 0.3 is 0 Å². The normalized spacial score (nSPS) is 14.2. The molecule has 21 heavy (non-hydrogen) atoms. The van der Waals surface area contributed by atoms with Gasteiger partial charge < -0.3 is 10.1 Å². The fourth-order valence-electron chi connectivity index (χ4n) is 2.24. The SMILES string of the molecule is Cc1cc(C)c(C)c(Oc2cnc(CNC3CC3)cn2)c1. The zero-order valence-electron chi connectivity index (χ0n) is 12.8. The molecule has 0 saturated heterocycles. The Hall–Kier alpha value is -1.94. The summed E-state index contributed by atoms with van der Waals surface area (Å²) in [7, 11) is 0. The highest BCUT2D eigenvalue weighted by Crippen LogP contribution is 2.27. The van der Waals surface area contributed by atoms with Crippen LogP contribution in [0.25, 0.3) is 0 Å². The first kappa shape index (κ1) is 14.0. The molecule has 2 aromatic rings. The Balaban J connectivity index is 1.69. The van der Waals surface area contributed by atoms with Crippen LogP contribution in [-0.4, -0.2) is 16.0 Å². The maximum Gasteiger partial charge on any atom is 0.237 e. The topological polar surface area (TPSA) is 47.0 Å². The van der Waals surface area contributed by atoms with E-state index in [0.717, 1.165) is 23.6 Å². The van der Waals surface area contributed by atoms with Crippen molar-refractivity contribution in [2.45, 2.75) is 46.2 Å². The molecule has 1 heterocycles. The number of benzene rings is 1. The first-order valence-corrected chi connectivity index (χ1v) is 7.42. The fourth-order valence-corrected chi connectivity index (χ4v) is 2.24. The molecule has 4 heteroatoms. The Morgan fingerprint density at radius 2 is 1.95 bits per heavy atom. The predicted octanol–water partition coefficient (Wildman–Crippen LogP) is 3.45. The van der Waals surface area contributed by atoms with Crippen molar-refractivity contribution in [2.24, 2.45) is 0 Å². The lowest BCUT2D eigenvalue weighted by Crippen LogP contribution is -2.16. The van der Waals surface area contributed by atoms with Gasteiger partial charge in [-0.1, -0.05) is 6.07 Å². The van der Waals surface area contributed by atoms with E-state index in [1.807, 2.05) is 6.07 Å². The van der Waals surface area contributed by atoms with Gasteiger partial charge in [0.1, 0.15) is 5.75 Å². The van der Waals surface area contributed by atoms with E-state index in [1.165, 1.54) is 24.0 Å². The highest BCUT2D eigenvalue weighted by atomic mass is 16.5. The van der Waals surface area contributed by atoms with Crippen LogP contribution in [0.4, 0.5) is 0 Å². The highest BCUT2D eigenvalue weighted by Gasteiger charge is 2.20. The summed E-state index contributed by atoms with van der Waals surface area (Å²) in [6, 6.07) is 4.87. The number of nitrogens with zero attached hydrogens (tertiary/aromatic N) is 2. The van der Waals surface area contributed by atoms with E-state index in [9.17, 15) is 0 Å². The van der Waals surface area contributed by atoms with Crippen molar-refractivity contribution < 1.29 is 4.74 Å². The van der Waals surface area contributed by atoms with Crippen LogP contribution in [-0.2, 0) is 6.54 Å². The number of rotatable bonds is 5. The standard InChI is InChI=1S/C17H21N3O/c1-11-6-12(2)13(3)16(7-11)21-17-10-19-15(9-20-17)8-18-14-4-5-14/h6-7,9-10,14,18H,4-5,8H2,1-3H3. The minimum atomic E-state index is 0.540. The van der Waals surface area contributed by atoms with Gasteiger partial charge in [0.15, 0.2) is 0 Å². The monoisotopic (exact) mass is 283 g/mol. The molecule has 3 rings (SSSR count). The Labute approximate surface area is 125 Å². The first-order chi connectivity index (χ1) is 10.1. The van der Waals surface area contributed by atoms with Gasteiger partial charge in [-0.2, -0.15) is 0 Å². The smallest absolute Gasteiger partial charge is 0.237 e. The van der Waals surface area contributed by atoms with Crippen LogP contribution in [0.1, 0.15) is 35.2 Å². The Morgan fingerprint density at radius 1 is 1.14 bits per heavy atom. The van der Waals surface area contributed by atoms with E-state index in [0.29, 0.717) is 11.9 Å². The minimum Gasteiger partial charge on any atom is -0.437 e. The van der Waals surface area contributed by atoms with E-state index >= 15 is 0 Å². The number of aryl methyl sites for hydroxylation is 2. The van der Waals surface area contributed by atoms with Crippen LogP contribution in [0.5, 0.6) is 11.6 Å². The molecule has 0 spiro atoms. The molecule has 0 amide bonds. The lowest BCUT2D eigenvalue weighted by atomic mass is 10.1. The van der Waals surface area contributed by atoms with Gasteiger partial charge in [-0.05, 0) is 56.4 Å². The lowest BCUT2D eigenvalue weighted by Gasteiger charge is -2.11. The highest BCUT2D eigenvalue weighted by molar-refractivity contribution is 5.43. The summed E-state index contributed by atoms with van der Waals surface area (Å²) in [5.41, 5.74) is 4.50. The van der Waals surface area contributed by atoms with Crippen LogP contribution >= 0.6 is 0 Å². The zero-order chi connectivity index (χ0) is 14.8. The number of aromatic nitrogens is 2. The Bertz CT molecular complexity index is 633. The summed E-state index contributed by atoms with van der Waals surface area (Å²) in [6.45, 7) is 7.00. The second-order valence-electron chi connectivity index (χ2n) is 5.81. The zero-order valence-corrected chi connectivity index (χ0v) is 12.8. The van der Waals surface area contributed by atoms with Gasteiger partial charge in [0.25, 0.3) is 0 Å². The van der Waals surface area contributed by atoms with Crippen molar-refractivity contribution in [2.75, 3.05) is 0 Å². The molecule has 1 aliphatic carbocycles. The van der Waals surface area contributed by atoms with Crippen molar-refractivity contribution in [3.8, 4) is 11.6 Å². The number of ether oxygens (including phenoxy) is 1. The number of hydrogen-bond acceptors (Lipinski definition) is 4. The molecule has 1 saturated carbocycles. The third kappa shape index (κ3) is 3.58. The molecule has 0 bridgehead atoms. The van der Waals surface area contributed by atoms with Crippen molar-refractivity contribution in [1.82, 2.24) is 15.3 Å². The predicted molar refractivity (Wildman–Crippen MR) is 82.6 cm³/mol. The van der Waals surface area contributed by atoms with Gasteiger partial charge in [0, 0.05) is 12.6 Å². The Morgan fingerprint density at radius 3 is 2.62 bits per heavy atom. The molecule has 1 aromatic carbocycles. The first-order valence-electron chi connectivity index (χ1n) is 7.42. The van der Waals surface area contributed by atoms with Crippen molar-refractivity contribution in [3.63, 3.8) is 0 Å². The molecular formula is C17H21N3O. The van der Waals surface area contributed by atoms with E-state index in [1.54, 1.807) is 12.4 Å². The Kier molecular flexibility index (Phi) is 3.88. The second-order valence-corrected chi connectivity index (χ2v) is 5.81. The summed E-state index contributed by atoms with van der Waals surface area (Å²) < 4.78 is 5.87. The van der Waals surface area contributed by atoms with Gasteiger partial charge in [0.2, 0.25) is 5.88 Å². The summed E-state index contributed by atoms with van der Waals surface area (Å²) in [6.07, 6.45) is 6.03. The van der Waals surface area contributed by atoms with Crippen LogP contribution in [0, 0.1) is 20.8 Å². The van der Waals surface area contributed by atoms with Crippen LogP contribution < -0.4 is 10.1 Å². The molecule has 1 aromatic heterocycles. The summed E-state index contributed by atoms with van der Waals surface area (Å²) in [5, 5.41) is 3.42. The third-order valence-corrected chi connectivity index (χ3v) is 3.81. The van der Waals surface area contributed by atoms with Gasteiger partial charge in [-0.25, -0.2) is 4.98 Å². The van der Waals surface area contributed by atoms with Crippen LogP contribution in [0.3, 0.4) is 0 Å². The van der Waals surface area contributed by atoms with E-state index in [-0.39, 0.29) is 0 Å². The molecule has 0 aliphatic heterocycles. The third-order valence-electron chi connectivity index (χ3n) is 3.81. The van der Waals surface area contributed by atoms with Gasteiger partial charge in [0.05, 0.1) is 18.1 Å². The van der Waals surface area contributed by atoms with E-state index in [2.05, 4.69) is 42.1 Å². The molecule has 1 aliphatic rings. The average Bonchev–Trinajstić information content (AvgIpc) is 3.28. The average molecular weight is 283 g/mol. The summed E-state index contributed by atoms with van der Waals surface area (Å²) >= 11 is 0. The summed E-state index contributed by atoms with van der Waals surface area (Å²) in [4.78, 5) is 8.75. The second kappa shape index (κ2) is 5.82. The van der Waals surface area contributed by atoms with Gasteiger partial charge in [-0.15, -0.1) is 0 Å². The maximum absolute atomic E-state index is 5.87. The molecule has 1 fully saturated rings. The lowest BCUT2D eigenvalue weighted by molar-refractivity contribution is 0.454. The molecule has 0 radical (unpaired) electrons. The molecule has 0 atom stereocenters. The fraction of sp³-hybridized carbons (Fsp3) is 0.412. The number of hydrogen-bond donors (Lipinski definition) is 1.